The molecule has 2 rings (SSSR count). The average molecular weight is 247 g/mol. The molecule has 1 atom stereocenters. The highest BCUT2D eigenvalue weighted by atomic mass is 15.3. The van der Waals surface area contributed by atoms with Crippen molar-refractivity contribution in [2.24, 2.45) is 5.84 Å². The first-order valence-corrected chi connectivity index (χ1v) is 6.83. The smallest absolute Gasteiger partial charge is 0.0638 e. The predicted molar refractivity (Wildman–Crippen MR) is 76.1 cm³/mol. The molecule has 1 aromatic carbocycles. The molecule has 0 saturated carbocycles. The summed E-state index contributed by atoms with van der Waals surface area (Å²) in [5.74, 6) is 5.82. The van der Waals surface area contributed by atoms with Crippen LogP contribution in [0.5, 0.6) is 0 Å². The standard InChI is InChI=1S/C15H25N3/c1-12-6-8-13(9-7-12)14(17-16)15(2,3)18-10-4-5-11-18/h6-9,14,17H,4-5,10-11,16H2,1-3H3. The second kappa shape index (κ2) is 5.39. The van der Waals surface area contributed by atoms with Gasteiger partial charge in [-0.15, -0.1) is 0 Å². The molecule has 0 bridgehead atoms. The molecule has 3 N–H and O–H groups in total. The van der Waals surface area contributed by atoms with Crippen LogP contribution in [0.2, 0.25) is 0 Å². The van der Waals surface area contributed by atoms with Gasteiger partial charge in [-0.1, -0.05) is 29.8 Å². The maximum atomic E-state index is 5.82. The van der Waals surface area contributed by atoms with E-state index in [4.69, 9.17) is 5.84 Å². The Balaban J connectivity index is 2.23. The summed E-state index contributed by atoms with van der Waals surface area (Å²) in [6, 6.07) is 8.82. The Morgan fingerprint density at radius 2 is 1.72 bits per heavy atom. The van der Waals surface area contributed by atoms with E-state index in [1.807, 2.05) is 0 Å². The van der Waals surface area contributed by atoms with Gasteiger partial charge in [-0.3, -0.25) is 16.2 Å². The van der Waals surface area contributed by atoms with Crippen LogP contribution in [0.25, 0.3) is 0 Å². The zero-order valence-electron chi connectivity index (χ0n) is 11.7. The van der Waals surface area contributed by atoms with E-state index in [1.54, 1.807) is 0 Å². The molecule has 1 aliphatic heterocycles. The average Bonchev–Trinajstić information content (AvgIpc) is 2.86. The molecular weight excluding hydrogens is 222 g/mol. The van der Waals surface area contributed by atoms with Crippen LogP contribution in [-0.2, 0) is 0 Å². The fourth-order valence-electron chi connectivity index (χ4n) is 2.94. The van der Waals surface area contributed by atoms with E-state index in [9.17, 15) is 0 Å². The van der Waals surface area contributed by atoms with E-state index in [0.717, 1.165) is 0 Å². The Bertz CT molecular complexity index is 377. The molecule has 18 heavy (non-hydrogen) atoms. The minimum Gasteiger partial charge on any atom is -0.296 e. The minimum absolute atomic E-state index is 0.0422. The first kappa shape index (κ1) is 13.5. The summed E-state index contributed by atoms with van der Waals surface area (Å²) in [5, 5.41) is 0. The number of aryl methyl sites for hydroxylation is 1. The summed E-state index contributed by atoms with van der Waals surface area (Å²) in [5.41, 5.74) is 5.61. The Kier molecular flexibility index (Phi) is 4.05. The number of benzene rings is 1. The van der Waals surface area contributed by atoms with Gasteiger partial charge in [-0.05, 0) is 52.3 Å². The van der Waals surface area contributed by atoms with E-state index in [0.29, 0.717) is 0 Å². The first-order valence-electron chi connectivity index (χ1n) is 6.83. The fourth-order valence-corrected chi connectivity index (χ4v) is 2.94. The second-order valence-corrected chi connectivity index (χ2v) is 5.86. The lowest BCUT2D eigenvalue weighted by atomic mass is 9.87. The molecule has 1 heterocycles. The lowest BCUT2D eigenvalue weighted by Crippen LogP contribution is -2.53. The number of nitrogens with zero attached hydrogens (tertiary/aromatic N) is 1. The van der Waals surface area contributed by atoms with Gasteiger partial charge in [0.05, 0.1) is 6.04 Å². The molecule has 1 fully saturated rings. The molecule has 0 aromatic heterocycles. The van der Waals surface area contributed by atoms with Gasteiger partial charge in [-0.25, -0.2) is 0 Å². The van der Waals surface area contributed by atoms with E-state index in [-0.39, 0.29) is 11.6 Å². The van der Waals surface area contributed by atoms with E-state index in [2.05, 4.69) is 55.4 Å². The molecule has 3 nitrogen and oxygen atoms in total. The lowest BCUT2D eigenvalue weighted by molar-refractivity contribution is 0.107. The third kappa shape index (κ3) is 2.58. The highest BCUT2D eigenvalue weighted by Gasteiger charge is 2.36. The first-order chi connectivity index (χ1) is 8.55. The van der Waals surface area contributed by atoms with Crippen molar-refractivity contribution in [3.63, 3.8) is 0 Å². The number of hydrogen-bond donors (Lipinski definition) is 2. The zero-order chi connectivity index (χ0) is 13.2. The molecular formula is C15H25N3. The van der Waals surface area contributed by atoms with Crippen LogP contribution in [0.3, 0.4) is 0 Å². The molecule has 0 spiro atoms. The summed E-state index contributed by atoms with van der Waals surface area (Å²) in [6.45, 7) is 9.03. The maximum absolute atomic E-state index is 5.82. The lowest BCUT2D eigenvalue weighted by Gasteiger charge is -2.42. The number of nitrogens with one attached hydrogen (secondary N) is 1. The number of hydrogen-bond acceptors (Lipinski definition) is 3. The predicted octanol–water partition coefficient (Wildman–Crippen LogP) is 2.37. The molecule has 100 valence electrons. The molecule has 1 aliphatic rings. The van der Waals surface area contributed by atoms with Crippen LogP contribution >= 0.6 is 0 Å². The molecule has 1 unspecified atom stereocenters. The SMILES string of the molecule is Cc1ccc(C(NN)C(C)(C)N2CCCC2)cc1. The van der Waals surface area contributed by atoms with Gasteiger partial charge < -0.3 is 0 Å². The summed E-state index contributed by atoms with van der Waals surface area (Å²) in [6.07, 6.45) is 2.60. The van der Waals surface area contributed by atoms with E-state index >= 15 is 0 Å². The van der Waals surface area contributed by atoms with Crippen LogP contribution in [-0.4, -0.2) is 23.5 Å². The molecule has 0 amide bonds. The van der Waals surface area contributed by atoms with Crippen molar-refractivity contribution >= 4 is 0 Å². The van der Waals surface area contributed by atoms with Crippen molar-refractivity contribution in [2.75, 3.05) is 13.1 Å². The summed E-state index contributed by atoms with van der Waals surface area (Å²) < 4.78 is 0. The molecule has 0 radical (unpaired) electrons. The largest absolute Gasteiger partial charge is 0.296 e. The molecule has 1 aromatic rings. The van der Waals surface area contributed by atoms with Crippen LogP contribution < -0.4 is 11.3 Å². The van der Waals surface area contributed by atoms with Gasteiger partial charge in [0.2, 0.25) is 0 Å². The topological polar surface area (TPSA) is 41.3 Å². The van der Waals surface area contributed by atoms with Crippen molar-refractivity contribution in [1.82, 2.24) is 10.3 Å². The Labute approximate surface area is 110 Å². The van der Waals surface area contributed by atoms with Gasteiger partial charge in [0.25, 0.3) is 0 Å². The highest BCUT2D eigenvalue weighted by molar-refractivity contribution is 5.26. The minimum atomic E-state index is 0.0422. The number of nitrogens with two attached hydrogens (primary N) is 1. The van der Waals surface area contributed by atoms with Crippen molar-refractivity contribution in [3.8, 4) is 0 Å². The summed E-state index contributed by atoms with van der Waals surface area (Å²) in [4.78, 5) is 2.54. The quantitative estimate of drug-likeness (QED) is 0.634. The van der Waals surface area contributed by atoms with E-state index in [1.165, 1.54) is 37.1 Å². The van der Waals surface area contributed by atoms with Crippen LogP contribution in [0.15, 0.2) is 24.3 Å². The second-order valence-electron chi connectivity index (χ2n) is 5.86. The molecule has 3 heteroatoms. The Morgan fingerprint density at radius 1 is 1.17 bits per heavy atom. The van der Waals surface area contributed by atoms with Gasteiger partial charge >= 0.3 is 0 Å². The normalized spacial score (nSPS) is 19.1. The number of likely N-dealkylation sites (tertiary alicyclic amines) is 1. The van der Waals surface area contributed by atoms with Crippen LogP contribution in [0.4, 0.5) is 0 Å². The third-order valence-electron chi connectivity index (χ3n) is 4.20. The van der Waals surface area contributed by atoms with Gasteiger partial charge in [0.1, 0.15) is 0 Å². The van der Waals surface area contributed by atoms with Crippen molar-refractivity contribution in [1.29, 1.82) is 0 Å². The van der Waals surface area contributed by atoms with Gasteiger partial charge in [0, 0.05) is 5.54 Å². The van der Waals surface area contributed by atoms with Crippen molar-refractivity contribution in [2.45, 2.75) is 45.2 Å². The Hall–Kier alpha value is -0.900. The Morgan fingerprint density at radius 3 is 2.22 bits per heavy atom. The van der Waals surface area contributed by atoms with Gasteiger partial charge in [-0.2, -0.15) is 0 Å². The maximum Gasteiger partial charge on any atom is 0.0638 e. The highest BCUT2D eigenvalue weighted by Crippen LogP contribution is 2.33. The van der Waals surface area contributed by atoms with E-state index < -0.39 is 0 Å². The van der Waals surface area contributed by atoms with Gasteiger partial charge in [0.15, 0.2) is 0 Å². The summed E-state index contributed by atoms with van der Waals surface area (Å²) in [7, 11) is 0. The number of rotatable bonds is 4. The number of hydrazine groups is 1. The van der Waals surface area contributed by atoms with Crippen LogP contribution in [0, 0.1) is 6.92 Å². The fraction of sp³-hybridized carbons (Fsp3) is 0.600. The van der Waals surface area contributed by atoms with Crippen molar-refractivity contribution in [3.05, 3.63) is 35.4 Å². The molecule has 1 saturated heterocycles. The zero-order valence-corrected chi connectivity index (χ0v) is 11.7. The summed E-state index contributed by atoms with van der Waals surface area (Å²) >= 11 is 0. The molecule has 0 aliphatic carbocycles. The van der Waals surface area contributed by atoms with Crippen molar-refractivity contribution < 1.29 is 0 Å². The van der Waals surface area contributed by atoms with Crippen LogP contribution in [0.1, 0.15) is 43.9 Å². The third-order valence-corrected chi connectivity index (χ3v) is 4.20. The monoisotopic (exact) mass is 247 g/mol.